The number of ether oxygens (including phenoxy) is 1. The Morgan fingerprint density at radius 3 is 2.67 bits per heavy atom. The number of aromatic amines is 1. The average molecular weight is 364 g/mol. The van der Waals surface area contributed by atoms with Crippen molar-refractivity contribution >= 4 is 22.7 Å². The molecule has 0 aliphatic carbocycles. The SMILES string of the molecule is CCOC(=O)C1CCN(c2n[nH]c3c(-c4ccc(C)cc4)nccc23)CC1. The number of esters is 1. The molecule has 0 bridgehead atoms. The summed E-state index contributed by atoms with van der Waals surface area (Å²) < 4.78 is 5.16. The van der Waals surface area contributed by atoms with Crippen LogP contribution in [0.4, 0.5) is 5.82 Å². The molecule has 27 heavy (non-hydrogen) atoms. The molecule has 0 amide bonds. The number of aromatic nitrogens is 3. The number of carbonyl (C=O) groups excluding carboxylic acids is 1. The summed E-state index contributed by atoms with van der Waals surface area (Å²) in [6.45, 7) is 5.96. The molecular formula is C21H24N4O2. The van der Waals surface area contributed by atoms with Gasteiger partial charge in [-0.25, -0.2) is 0 Å². The van der Waals surface area contributed by atoms with Crippen LogP contribution in [-0.4, -0.2) is 40.8 Å². The molecule has 4 rings (SSSR count). The Hall–Kier alpha value is -2.89. The van der Waals surface area contributed by atoms with Crippen molar-refractivity contribution in [2.75, 3.05) is 24.6 Å². The normalized spacial score (nSPS) is 15.3. The smallest absolute Gasteiger partial charge is 0.309 e. The van der Waals surface area contributed by atoms with Gasteiger partial charge >= 0.3 is 5.97 Å². The molecule has 0 unspecified atom stereocenters. The maximum atomic E-state index is 12.0. The monoisotopic (exact) mass is 364 g/mol. The minimum absolute atomic E-state index is 0.00353. The van der Waals surface area contributed by atoms with Crippen LogP contribution in [0.15, 0.2) is 36.5 Å². The largest absolute Gasteiger partial charge is 0.466 e. The zero-order valence-corrected chi connectivity index (χ0v) is 15.7. The van der Waals surface area contributed by atoms with Gasteiger partial charge in [-0.05, 0) is 32.8 Å². The van der Waals surface area contributed by atoms with E-state index in [0.717, 1.165) is 53.9 Å². The maximum absolute atomic E-state index is 12.0. The van der Waals surface area contributed by atoms with Crippen LogP contribution < -0.4 is 4.90 Å². The number of fused-ring (bicyclic) bond motifs is 1. The quantitative estimate of drug-likeness (QED) is 0.715. The highest BCUT2D eigenvalue weighted by atomic mass is 16.5. The zero-order valence-electron chi connectivity index (χ0n) is 15.7. The van der Waals surface area contributed by atoms with Crippen LogP contribution in [-0.2, 0) is 9.53 Å². The Labute approximate surface area is 158 Å². The van der Waals surface area contributed by atoms with Gasteiger partial charge in [-0.3, -0.25) is 14.9 Å². The highest BCUT2D eigenvalue weighted by Crippen LogP contribution is 2.32. The first-order valence-electron chi connectivity index (χ1n) is 9.49. The van der Waals surface area contributed by atoms with Crippen molar-refractivity contribution in [1.29, 1.82) is 0 Å². The van der Waals surface area contributed by atoms with Gasteiger partial charge in [0.15, 0.2) is 5.82 Å². The lowest BCUT2D eigenvalue weighted by molar-refractivity contribution is -0.148. The van der Waals surface area contributed by atoms with Gasteiger partial charge in [-0.15, -0.1) is 0 Å². The van der Waals surface area contributed by atoms with Crippen LogP contribution >= 0.6 is 0 Å². The first-order valence-corrected chi connectivity index (χ1v) is 9.49. The van der Waals surface area contributed by atoms with Crippen LogP contribution in [0.3, 0.4) is 0 Å². The average Bonchev–Trinajstić information content (AvgIpc) is 3.13. The molecule has 3 aromatic rings. The van der Waals surface area contributed by atoms with E-state index in [1.807, 2.05) is 19.2 Å². The van der Waals surface area contributed by atoms with Gasteiger partial charge in [0, 0.05) is 30.2 Å². The molecule has 1 fully saturated rings. The standard InChI is InChI=1S/C21H24N4O2/c1-3-27-21(26)16-9-12-25(13-10-16)20-17-8-11-22-18(19(17)23-24-20)15-6-4-14(2)5-7-15/h4-8,11,16H,3,9-10,12-13H2,1-2H3,(H,23,24). The third kappa shape index (κ3) is 3.39. The predicted molar refractivity (Wildman–Crippen MR) is 106 cm³/mol. The number of anilines is 1. The third-order valence-corrected chi connectivity index (χ3v) is 5.20. The van der Waals surface area contributed by atoms with Crippen LogP contribution in [0.5, 0.6) is 0 Å². The zero-order chi connectivity index (χ0) is 18.8. The number of hydrogen-bond acceptors (Lipinski definition) is 5. The lowest BCUT2D eigenvalue weighted by Crippen LogP contribution is -2.37. The van der Waals surface area contributed by atoms with Crippen molar-refractivity contribution in [3.05, 3.63) is 42.1 Å². The second kappa shape index (κ2) is 7.39. The topological polar surface area (TPSA) is 71.1 Å². The van der Waals surface area contributed by atoms with Crippen LogP contribution in [0.1, 0.15) is 25.3 Å². The summed E-state index contributed by atoms with van der Waals surface area (Å²) in [6, 6.07) is 10.4. The number of H-pyrrole nitrogens is 1. The molecule has 6 heteroatoms. The summed E-state index contributed by atoms with van der Waals surface area (Å²) >= 11 is 0. The molecule has 1 aliphatic heterocycles. The lowest BCUT2D eigenvalue weighted by Gasteiger charge is -2.31. The minimum atomic E-state index is -0.0742. The molecule has 0 atom stereocenters. The summed E-state index contributed by atoms with van der Waals surface area (Å²) in [6.07, 6.45) is 3.42. The second-order valence-electron chi connectivity index (χ2n) is 7.01. The van der Waals surface area contributed by atoms with Gasteiger partial charge in [-0.1, -0.05) is 29.8 Å². The van der Waals surface area contributed by atoms with Crippen molar-refractivity contribution in [2.24, 2.45) is 5.92 Å². The second-order valence-corrected chi connectivity index (χ2v) is 7.01. The van der Waals surface area contributed by atoms with Gasteiger partial charge in [0.25, 0.3) is 0 Å². The third-order valence-electron chi connectivity index (χ3n) is 5.20. The van der Waals surface area contributed by atoms with E-state index >= 15 is 0 Å². The van der Waals surface area contributed by atoms with E-state index in [9.17, 15) is 4.79 Å². The molecule has 2 aromatic heterocycles. The highest BCUT2D eigenvalue weighted by molar-refractivity contribution is 5.98. The van der Waals surface area contributed by atoms with Gasteiger partial charge in [-0.2, -0.15) is 5.10 Å². The molecular weight excluding hydrogens is 340 g/mol. The van der Waals surface area contributed by atoms with Crippen LogP contribution in [0.25, 0.3) is 22.2 Å². The Morgan fingerprint density at radius 1 is 1.22 bits per heavy atom. The van der Waals surface area contributed by atoms with Gasteiger partial charge < -0.3 is 9.64 Å². The fourth-order valence-corrected chi connectivity index (χ4v) is 3.69. The Balaban J connectivity index is 1.59. The van der Waals surface area contributed by atoms with Gasteiger partial charge in [0.05, 0.1) is 23.7 Å². The fraction of sp³-hybridized carbons (Fsp3) is 0.381. The van der Waals surface area contributed by atoms with E-state index in [-0.39, 0.29) is 11.9 Å². The molecule has 0 radical (unpaired) electrons. The molecule has 6 nitrogen and oxygen atoms in total. The van der Waals surface area contributed by atoms with Crippen LogP contribution in [0, 0.1) is 12.8 Å². The van der Waals surface area contributed by atoms with Crippen molar-refractivity contribution in [3.63, 3.8) is 0 Å². The molecule has 1 N–H and O–H groups in total. The molecule has 1 aromatic carbocycles. The molecule has 0 spiro atoms. The number of hydrogen-bond donors (Lipinski definition) is 1. The summed E-state index contributed by atoms with van der Waals surface area (Å²) in [4.78, 5) is 18.8. The maximum Gasteiger partial charge on any atom is 0.309 e. The molecule has 0 saturated carbocycles. The summed E-state index contributed by atoms with van der Waals surface area (Å²) in [5, 5.41) is 8.81. The van der Waals surface area contributed by atoms with E-state index in [4.69, 9.17) is 4.74 Å². The number of rotatable bonds is 4. The minimum Gasteiger partial charge on any atom is -0.466 e. The summed E-state index contributed by atoms with van der Waals surface area (Å²) in [5.74, 6) is 0.856. The molecule has 3 heterocycles. The fourth-order valence-electron chi connectivity index (χ4n) is 3.69. The first-order chi connectivity index (χ1) is 13.2. The van der Waals surface area contributed by atoms with Gasteiger partial charge in [0.2, 0.25) is 0 Å². The summed E-state index contributed by atoms with van der Waals surface area (Å²) in [5.41, 5.74) is 4.15. The molecule has 140 valence electrons. The predicted octanol–water partition coefficient (Wildman–Crippen LogP) is 3.71. The van der Waals surface area contributed by atoms with Gasteiger partial charge in [0.1, 0.15) is 0 Å². The Kier molecular flexibility index (Phi) is 4.79. The van der Waals surface area contributed by atoms with Crippen LogP contribution in [0.2, 0.25) is 0 Å². The number of nitrogens with one attached hydrogen (secondary N) is 1. The highest BCUT2D eigenvalue weighted by Gasteiger charge is 2.28. The number of pyridine rings is 1. The van der Waals surface area contributed by atoms with E-state index in [1.165, 1.54) is 5.56 Å². The summed E-state index contributed by atoms with van der Waals surface area (Å²) in [7, 11) is 0. The molecule has 1 aliphatic rings. The van der Waals surface area contributed by atoms with Crippen molar-refractivity contribution in [3.8, 4) is 11.3 Å². The number of piperidine rings is 1. The number of nitrogens with zero attached hydrogens (tertiary/aromatic N) is 3. The van der Waals surface area contributed by atoms with E-state index in [0.29, 0.717) is 6.61 Å². The molecule has 1 saturated heterocycles. The first kappa shape index (κ1) is 17.5. The number of benzene rings is 1. The number of carbonyl (C=O) groups is 1. The van der Waals surface area contributed by atoms with E-state index < -0.39 is 0 Å². The Morgan fingerprint density at radius 2 is 1.96 bits per heavy atom. The van der Waals surface area contributed by atoms with E-state index in [2.05, 4.69) is 51.3 Å². The van der Waals surface area contributed by atoms with Crippen molar-refractivity contribution in [1.82, 2.24) is 15.2 Å². The lowest BCUT2D eigenvalue weighted by atomic mass is 9.97. The number of aryl methyl sites for hydroxylation is 1. The van der Waals surface area contributed by atoms with Crippen molar-refractivity contribution < 1.29 is 9.53 Å². The Bertz CT molecular complexity index is 940. The van der Waals surface area contributed by atoms with E-state index in [1.54, 1.807) is 0 Å². The van der Waals surface area contributed by atoms with Crippen molar-refractivity contribution in [2.45, 2.75) is 26.7 Å².